The minimum Gasteiger partial charge on any atom is -0.455 e. The molecule has 0 radical (unpaired) electrons. The maximum atomic E-state index is 6.81. The third kappa shape index (κ3) is 3.52. The summed E-state index contributed by atoms with van der Waals surface area (Å²) >= 11 is 0. The molecule has 0 saturated heterocycles. The molecule has 0 amide bonds. The molecule has 0 fully saturated rings. The van der Waals surface area contributed by atoms with Crippen LogP contribution in [-0.4, -0.2) is 9.97 Å². The predicted octanol–water partition coefficient (Wildman–Crippen LogP) is 11.3. The highest BCUT2D eigenvalue weighted by atomic mass is 16.3. The molecule has 8 aromatic rings. The molecule has 3 heteroatoms. The van der Waals surface area contributed by atoms with E-state index in [0.29, 0.717) is 0 Å². The molecule has 0 saturated carbocycles. The van der Waals surface area contributed by atoms with Crippen LogP contribution in [-0.2, 0) is 10.8 Å². The van der Waals surface area contributed by atoms with Gasteiger partial charge in [-0.25, -0.2) is 9.97 Å². The summed E-state index contributed by atoms with van der Waals surface area (Å²) in [6.07, 6.45) is 0. The van der Waals surface area contributed by atoms with E-state index in [2.05, 4.69) is 119 Å². The first kappa shape index (κ1) is 26.2. The minimum atomic E-state index is -0.143. The van der Waals surface area contributed by atoms with E-state index in [9.17, 15) is 0 Å². The highest BCUT2D eigenvalue weighted by molar-refractivity contribution is 6.24. The van der Waals surface area contributed by atoms with Gasteiger partial charge in [-0.05, 0) is 63.4 Å². The van der Waals surface area contributed by atoms with Gasteiger partial charge in [0, 0.05) is 32.7 Å². The van der Waals surface area contributed by atoms with Gasteiger partial charge in [0.15, 0.2) is 0 Å². The fraction of sp³-hybridized carbons (Fsp3) is 0.143. The van der Waals surface area contributed by atoms with Gasteiger partial charge in [0.05, 0.1) is 22.4 Å². The van der Waals surface area contributed by atoms with Crippen LogP contribution in [0.3, 0.4) is 0 Å². The third-order valence-corrected chi connectivity index (χ3v) is 10.6. The van der Waals surface area contributed by atoms with E-state index in [1.165, 1.54) is 33.0 Å². The highest BCUT2D eigenvalue weighted by Crippen LogP contribution is 2.58. The average molecular weight is 581 g/mol. The summed E-state index contributed by atoms with van der Waals surface area (Å²) in [7, 11) is 0. The van der Waals surface area contributed by atoms with Crippen LogP contribution in [0.1, 0.15) is 38.8 Å². The number of rotatable bonds is 2. The molecule has 9 rings (SSSR count). The number of benzene rings is 6. The van der Waals surface area contributed by atoms with Gasteiger partial charge < -0.3 is 4.42 Å². The smallest absolute Gasteiger partial charge is 0.143 e. The lowest BCUT2D eigenvalue weighted by atomic mass is 9.54. The fourth-order valence-corrected chi connectivity index (χ4v) is 7.65. The first-order chi connectivity index (χ1) is 21.8. The van der Waals surface area contributed by atoms with Crippen LogP contribution < -0.4 is 0 Å². The summed E-state index contributed by atoms with van der Waals surface area (Å²) in [6, 6.07) is 42.7. The Hall–Kier alpha value is -5.28. The molecule has 1 aliphatic rings. The number of nitrogens with zero attached hydrogens (tertiary/aromatic N) is 2. The molecule has 0 N–H and O–H groups in total. The second-order valence-electron chi connectivity index (χ2n) is 13.4. The van der Waals surface area contributed by atoms with Crippen LogP contribution in [0.4, 0.5) is 0 Å². The van der Waals surface area contributed by atoms with Crippen LogP contribution in [0, 0.1) is 0 Å². The van der Waals surface area contributed by atoms with E-state index < -0.39 is 0 Å². The van der Waals surface area contributed by atoms with Gasteiger partial charge in [-0.3, -0.25) is 0 Å². The van der Waals surface area contributed by atoms with Crippen molar-refractivity contribution in [1.82, 2.24) is 9.97 Å². The number of hydrogen-bond donors (Lipinski definition) is 0. The van der Waals surface area contributed by atoms with E-state index in [4.69, 9.17) is 14.4 Å². The molecule has 0 aliphatic heterocycles. The lowest BCUT2D eigenvalue weighted by molar-refractivity contribution is 0.301. The van der Waals surface area contributed by atoms with Gasteiger partial charge in [-0.1, -0.05) is 119 Å². The van der Waals surface area contributed by atoms with Crippen molar-refractivity contribution in [1.29, 1.82) is 0 Å². The zero-order valence-electron chi connectivity index (χ0n) is 25.8. The number of fused-ring (bicyclic) bond motifs is 11. The number of para-hydroxylation sites is 2. The van der Waals surface area contributed by atoms with Crippen LogP contribution >= 0.6 is 0 Å². The molecule has 6 aromatic carbocycles. The van der Waals surface area contributed by atoms with Gasteiger partial charge in [0.2, 0.25) is 0 Å². The number of hydrogen-bond acceptors (Lipinski definition) is 3. The largest absolute Gasteiger partial charge is 0.455 e. The Bertz CT molecular complexity index is 2480. The Morgan fingerprint density at radius 3 is 1.91 bits per heavy atom. The van der Waals surface area contributed by atoms with E-state index >= 15 is 0 Å². The Balaban J connectivity index is 1.43. The van der Waals surface area contributed by atoms with Gasteiger partial charge in [-0.2, -0.15) is 0 Å². The van der Waals surface area contributed by atoms with Crippen molar-refractivity contribution in [3.05, 3.63) is 132 Å². The molecule has 2 aromatic heterocycles. The molecule has 0 atom stereocenters. The SMILES string of the molecule is CC1(C)c2ccccc2-c2c(c3ccccc3c3oc4ccc(-c5nc6ccccc6nc5-c5ccccc5)cc4c23)C1(C)C. The molecular formula is C42H32N2O. The van der Waals surface area contributed by atoms with Crippen LogP contribution in [0.15, 0.2) is 126 Å². The second kappa shape index (κ2) is 9.12. The van der Waals surface area contributed by atoms with Crippen molar-refractivity contribution in [2.45, 2.75) is 38.5 Å². The maximum Gasteiger partial charge on any atom is 0.143 e. The lowest BCUT2D eigenvalue weighted by Crippen LogP contribution is -2.43. The van der Waals surface area contributed by atoms with Crippen molar-refractivity contribution in [2.75, 3.05) is 0 Å². The third-order valence-electron chi connectivity index (χ3n) is 10.6. The number of furan rings is 1. The maximum absolute atomic E-state index is 6.81. The fourth-order valence-electron chi connectivity index (χ4n) is 7.65. The molecule has 1 aliphatic carbocycles. The van der Waals surface area contributed by atoms with Crippen molar-refractivity contribution in [3.63, 3.8) is 0 Å². The highest BCUT2D eigenvalue weighted by Gasteiger charge is 2.47. The first-order valence-electron chi connectivity index (χ1n) is 15.7. The zero-order chi connectivity index (χ0) is 30.5. The molecule has 0 spiro atoms. The van der Waals surface area contributed by atoms with Crippen LogP contribution in [0.2, 0.25) is 0 Å². The summed E-state index contributed by atoms with van der Waals surface area (Å²) < 4.78 is 6.81. The number of aromatic nitrogens is 2. The quantitative estimate of drug-likeness (QED) is 0.204. The van der Waals surface area contributed by atoms with Crippen LogP contribution in [0.25, 0.3) is 77.4 Å². The van der Waals surface area contributed by atoms with E-state index in [1.54, 1.807) is 0 Å². The topological polar surface area (TPSA) is 38.9 Å². The molecule has 2 heterocycles. The van der Waals surface area contributed by atoms with E-state index in [0.717, 1.165) is 55.5 Å². The van der Waals surface area contributed by atoms with Crippen molar-refractivity contribution >= 4 is 43.7 Å². The minimum absolute atomic E-state index is 0.0803. The second-order valence-corrected chi connectivity index (χ2v) is 13.4. The molecule has 45 heavy (non-hydrogen) atoms. The standard InChI is InChI=1S/C42H32N2O/c1-41(2)31-19-11-10-18-29(31)35-36-30-24-26(39-38(25-14-6-5-7-15-25)43-32-20-12-13-21-33(32)44-39)22-23-34(30)45-40(36)28-17-9-8-16-27(28)37(35)42(41,3)4/h5-24H,1-4H3. The zero-order valence-corrected chi connectivity index (χ0v) is 25.8. The monoisotopic (exact) mass is 580 g/mol. The van der Waals surface area contributed by atoms with Gasteiger partial charge in [0.25, 0.3) is 0 Å². The lowest BCUT2D eigenvalue weighted by Gasteiger charge is -2.49. The summed E-state index contributed by atoms with van der Waals surface area (Å²) in [5.41, 5.74) is 12.5. The summed E-state index contributed by atoms with van der Waals surface area (Å²) in [6.45, 7) is 9.60. The van der Waals surface area contributed by atoms with Crippen molar-refractivity contribution in [2.24, 2.45) is 0 Å². The average Bonchev–Trinajstić information content (AvgIpc) is 3.46. The van der Waals surface area contributed by atoms with Crippen LogP contribution in [0.5, 0.6) is 0 Å². The summed E-state index contributed by atoms with van der Waals surface area (Å²) in [5, 5.41) is 4.69. The Kier molecular flexibility index (Phi) is 5.30. The molecule has 0 unspecified atom stereocenters. The summed E-state index contributed by atoms with van der Waals surface area (Å²) in [4.78, 5) is 10.4. The van der Waals surface area contributed by atoms with Crippen molar-refractivity contribution in [3.8, 4) is 33.6 Å². The van der Waals surface area contributed by atoms with E-state index in [1.807, 2.05) is 30.3 Å². The Morgan fingerprint density at radius 2 is 1.16 bits per heavy atom. The Labute approximate surface area is 262 Å². The van der Waals surface area contributed by atoms with Gasteiger partial charge >= 0.3 is 0 Å². The van der Waals surface area contributed by atoms with Gasteiger partial charge in [0.1, 0.15) is 11.2 Å². The summed E-state index contributed by atoms with van der Waals surface area (Å²) in [5.74, 6) is 0. The molecule has 0 bridgehead atoms. The molecule has 3 nitrogen and oxygen atoms in total. The molecular weight excluding hydrogens is 548 g/mol. The Morgan fingerprint density at radius 1 is 0.533 bits per heavy atom. The normalized spacial score (nSPS) is 15.0. The van der Waals surface area contributed by atoms with E-state index in [-0.39, 0.29) is 10.8 Å². The predicted molar refractivity (Wildman–Crippen MR) is 187 cm³/mol. The van der Waals surface area contributed by atoms with Gasteiger partial charge in [-0.15, -0.1) is 0 Å². The molecule has 216 valence electrons. The first-order valence-corrected chi connectivity index (χ1v) is 15.7. The van der Waals surface area contributed by atoms with Crippen molar-refractivity contribution < 1.29 is 4.42 Å².